The van der Waals surface area contributed by atoms with E-state index in [-0.39, 0.29) is 11.4 Å². The highest BCUT2D eigenvalue weighted by molar-refractivity contribution is 6.54. The zero-order chi connectivity index (χ0) is 35.0. The molecule has 0 saturated carbocycles. The Kier molecular flexibility index (Phi) is 7.67. The Morgan fingerprint density at radius 2 is 0.788 bits per heavy atom. The van der Waals surface area contributed by atoms with Crippen molar-refractivity contribution >= 4 is 28.4 Å². The highest BCUT2D eigenvalue weighted by Crippen LogP contribution is 2.36. The fraction of sp³-hybridized carbons (Fsp3) is 0. The minimum absolute atomic E-state index is 0.194. The first kappa shape index (κ1) is 30.8. The third-order valence-corrected chi connectivity index (χ3v) is 9.40. The molecule has 52 heavy (non-hydrogen) atoms. The van der Waals surface area contributed by atoms with E-state index < -0.39 is 0 Å². The predicted molar refractivity (Wildman–Crippen MR) is 211 cm³/mol. The molecule has 1 aliphatic rings. The number of nitrogens with zero attached hydrogens (tertiary/aromatic N) is 4. The Balaban J connectivity index is 1.10. The lowest BCUT2D eigenvalue weighted by Crippen LogP contribution is -2.17. The van der Waals surface area contributed by atoms with Crippen molar-refractivity contribution in [3.05, 3.63) is 175 Å². The smallest absolute Gasteiger partial charge is 0.164 e. The van der Waals surface area contributed by atoms with Gasteiger partial charge in [0.2, 0.25) is 0 Å². The van der Waals surface area contributed by atoms with Crippen LogP contribution in [0.5, 0.6) is 0 Å². The number of allylic oxidation sites excluding steroid dienone is 1. The molecule has 2 aromatic heterocycles. The summed E-state index contributed by atoms with van der Waals surface area (Å²) in [6.45, 7) is 0. The van der Waals surface area contributed by atoms with Crippen LogP contribution in [0.25, 0.3) is 84.7 Å². The van der Waals surface area contributed by atoms with Crippen molar-refractivity contribution < 1.29 is 0 Å². The van der Waals surface area contributed by atoms with E-state index in [0.717, 1.165) is 72.2 Å². The molecule has 6 heteroatoms. The largest absolute Gasteiger partial charge is 0.299 e. The molecule has 9 rings (SSSR count). The second-order valence-corrected chi connectivity index (χ2v) is 12.7. The van der Waals surface area contributed by atoms with Gasteiger partial charge >= 0.3 is 0 Å². The van der Waals surface area contributed by atoms with Crippen molar-refractivity contribution in [2.45, 2.75) is 0 Å². The second kappa shape index (κ2) is 12.9. The van der Waals surface area contributed by atoms with E-state index >= 15 is 0 Å². The topological polar surface area (TPSA) is 99.3 Å². The maximum atomic E-state index is 8.81. The molecular formula is C46H30N6. The van der Waals surface area contributed by atoms with Crippen LogP contribution in [0.4, 0.5) is 0 Å². The lowest BCUT2D eigenvalue weighted by molar-refractivity contribution is 1.07. The standard InChI is InChI=1S/C46H30N6/c47-39-27-26-38-41(42(39)48)37-25-24-36(28-40(37)49-43(38)32-12-6-2-7-13-32)31-18-22-35(23-19-31)46-51-44(33-14-8-3-9-15-33)50-45(52-46)34-20-16-30(17-21-34)29-10-4-1-5-11-29/h1-28,47-48H. The summed E-state index contributed by atoms with van der Waals surface area (Å²) < 4.78 is 0. The monoisotopic (exact) mass is 666 g/mol. The molecule has 0 aliphatic heterocycles. The number of rotatable bonds is 6. The third kappa shape index (κ3) is 5.68. The Bertz CT molecular complexity index is 2670. The Hall–Kier alpha value is -7.18. The van der Waals surface area contributed by atoms with Crippen LogP contribution in [0.1, 0.15) is 11.1 Å². The Morgan fingerprint density at radius 1 is 0.365 bits per heavy atom. The van der Waals surface area contributed by atoms with E-state index in [9.17, 15) is 0 Å². The quantitative estimate of drug-likeness (QED) is 0.184. The summed E-state index contributed by atoms with van der Waals surface area (Å²) in [7, 11) is 0. The molecule has 0 amide bonds. The summed E-state index contributed by atoms with van der Waals surface area (Å²) in [5, 5.41) is 18.0. The Labute approximate surface area is 300 Å². The van der Waals surface area contributed by atoms with Gasteiger partial charge in [-0.3, -0.25) is 10.8 Å². The van der Waals surface area contributed by atoms with Gasteiger partial charge in [0, 0.05) is 38.8 Å². The molecule has 6 nitrogen and oxygen atoms in total. The molecule has 0 bridgehead atoms. The zero-order valence-corrected chi connectivity index (χ0v) is 28.0. The molecule has 0 unspecified atom stereocenters. The second-order valence-electron chi connectivity index (χ2n) is 12.7. The molecule has 244 valence electrons. The number of fused-ring (bicyclic) bond motifs is 3. The first-order valence-electron chi connectivity index (χ1n) is 17.1. The fourth-order valence-corrected chi connectivity index (χ4v) is 6.70. The molecule has 0 atom stereocenters. The maximum absolute atomic E-state index is 8.81. The molecular weight excluding hydrogens is 637 g/mol. The first-order valence-corrected chi connectivity index (χ1v) is 17.1. The molecule has 0 radical (unpaired) electrons. The van der Waals surface area contributed by atoms with Crippen LogP contribution in [-0.4, -0.2) is 31.4 Å². The van der Waals surface area contributed by atoms with Gasteiger partial charge in [0.15, 0.2) is 17.5 Å². The SMILES string of the molecule is N=C1C=Cc2c(-c3ccccc3)nc3cc(-c4ccc(-c5nc(-c6ccccc6)nc(-c6ccc(-c7ccccc7)cc6)n5)cc4)ccc3c2C1=N. The van der Waals surface area contributed by atoms with E-state index in [1.165, 1.54) is 0 Å². The van der Waals surface area contributed by atoms with Crippen LogP contribution in [-0.2, 0) is 0 Å². The number of nitrogens with one attached hydrogen (secondary N) is 2. The van der Waals surface area contributed by atoms with Crippen LogP contribution in [0.2, 0.25) is 0 Å². The summed E-state index contributed by atoms with van der Waals surface area (Å²) in [5.74, 6) is 1.82. The summed E-state index contributed by atoms with van der Waals surface area (Å²) in [6, 6.07) is 53.1. The third-order valence-electron chi connectivity index (χ3n) is 9.40. The Morgan fingerprint density at radius 3 is 1.35 bits per heavy atom. The summed E-state index contributed by atoms with van der Waals surface area (Å²) in [5.41, 5.74) is 11.6. The van der Waals surface area contributed by atoms with Gasteiger partial charge in [0.25, 0.3) is 0 Å². The first-order chi connectivity index (χ1) is 25.6. The molecule has 0 spiro atoms. The van der Waals surface area contributed by atoms with Gasteiger partial charge in [0.05, 0.1) is 22.6 Å². The minimum atomic E-state index is 0.194. The van der Waals surface area contributed by atoms with E-state index in [1.54, 1.807) is 6.08 Å². The van der Waals surface area contributed by atoms with E-state index in [1.807, 2.05) is 103 Å². The lowest BCUT2D eigenvalue weighted by Gasteiger charge is -2.19. The van der Waals surface area contributed by atoms with Crippen molar-refractivity contribution in [2.24, 2.45) is 0 Å². The fourth-order valence-electron chi connectivity index (χ4n) is 6.70. The predicted octanol–water partition coefficient (Wildman–Crippen LogP) is 10.8. The van der Waals surface area contributed by atoms with Gasteiger partial charge in [-0.05, 0) is 40.5 Å². The summed E-state index contributed by atoms with van der Waals surface area (Å²) in [4.78, 5) is 19.9. The van der Waals surface area contributed by atoms with Gasteiger partial charge in [0.1, 0.15) is 0 Å². The van der Waals surface area contributed by atoms with Crippen molar-refractivity contribution in [1.29, 1.82) is 10.8 Å². The highest BCUT2D eigenvalue weighted by Gasteiger charge is 2.23. The number of benzene rings is 6. The van der Waals surface area contributed by atoms with Gasteiger partial charge in [-0.25, -0.2) is 19.9 Å². The number of pyridine rings is 1. The minimum Gasteiger partial charge on any atom is -0.299 e. The molecule has 6 aromatic carbocycles. The molecule has 0 fully saturated rings. The molecule has 8 aromatic rings. The van der Waals surface area contributed by atoms with Gasteiger partial charge < -0.3 is 0 Å². The average Bonchev–Trinajstić information content (AvgIpc) is 3.22. The van der Waals surface area contributed by atoms with Crippen molar-refractivity contribution in [1.82, 2.24) is 19.9 Å². The van der Waals surface area contributed by atoms with Crippen LogP contribution in [0.3, 0.4) is 0 Å². The zero-order valence-electron chi connectivity index (χ0n) is 28.0. The van der Waals surface area contributed by atoms with Crippen LogP contribution < -0.4 is 0 Å². The van der Waals surface area contributed by atoms with Gasteiger partial charge in [-0.2, -0.15) is 0 Å². The van der Waals surface area contributed by atoms with Crippen molar-refractivity contribution in [3.8, 4) is 67.7 Å². The molecule has 2 N–H and O–H groups in total. The summed E-state index contributed by atoms with van der Waals surface area (Å²) >= 11 is 0. The number of aromatic nitrogens is 4. The van der Waals surface area contributed by atoms with Crippen LogP contribution >= 0.6 is 0 Å². The van der Waals surface area contributed by atoms with E-state index in [0.29, 0.717) is 17.5 Å². The van der Waals surface area contributed by atoms with Crippen LogP contribution in [0, 0.1) is 10.8 Å². The van der Waals surface area contributed by atoms with Gasteiger partial charge in [-0.1, -0.05) is 152 Å². The maximum Gasteiger partial charge on any atom is 0.164 e. The molecule has 1 aliphatic carbocycles. The van der Waals surface area contributed by atoms with Crippen molar-refractivity contribution in [3.63, 3.8) is 0 Å². The van der Waals surface area contributed by atoms with E-state index in [2.05, 4.69) is 60.7 Å². The summed E-state index contributed by atoms with van der Waals surface area (Å²) in [6.07, 6.45) is 3.59. The van der Waals surface area contributed by atoms with Crippen LogP contribution in [0.15, 0.2) is 164 Å². The average molecular weight is 667 g/mol. The van der Waals surface area contributed by atoms with E-state index in [4.69, 9.17) is 30.8 Å². The normalized spacial score (nSPS) is 12.2. The number of hydrogen-bond acceptors (Lipinski definition) is 6. The molecule has 0 saturated heterocycles. The number of hydrogen-bond donors (Lipinski definition) is 2. The van der Waals surface area contributed by atoms with Gasteiger partial charge in [-0.15, -0.1) is 0 Å². The molecule has 2 heterocycles. The lowest BCUT2D eigenvalue weighted by atomic mass is 9.87. The highest BCUT2D eigenvalue weighted by atomic mass is 15.0. The van der Waals surface area contributed by atoms with Crippen molar-refractivity contribution in [2.75, 3.05) is 0 Å².